The second kappa shape index (κ2) is 5.97. The summed E-state index contributed by atoms with van der Waals surface area (Å²) in [5, 5.41) is 0. The predicted octanol–water partition coefficient (Wildman–Crippen LogP) is 1.81. The second-order valence-corrected chi connectivity index (χ2v) is 4.80. The van der Waals surface area contributed by atoms with Gasteiger partial charge in [0.05, 0.1) is 5.69 Å². The number of nitrogens with two attached hydrogens (primary N) is 1. The van der Waals surface area contributed by atoms with Crippen LogP contribution in [0.4, 0.5) is 0 Å². The van der Waals surface area contributed by atoms with E-state index in [1.165, 1.54) is 0 Å². The number of hydrogen-bond acceptors (Lipinski definition) is 3. The van der Waals surface area contributed by atoms with Gasteiger partial charge in [0.25, 0.3) is 0 Å². The molecule has 0 aliphatic rings. The number of pyridine rings is 1. The van der Waals surface area contributed by atoms with Crippen LogP contribution in [0.15, 0.2) is 18.2 Å². The van der Waals surface area contributed by atoms with Crippen LogP contribution in [0.5, 0.6) is 0 Å². The minimum Gasteiger partial charge on any atom is -0.328 e. The highest BCUT2D eigenvalue weighted by atomic mass is 15.1. The van der Waals surface area contributed by atoms with Gasteiger partial charge in [0.15, 0.2) is 0 Å². The SMILES string of the molecule is Cc1cccc(CN(C)CC(C)C(C)N)n1. The van der Waals surface area contributed by atoms with Crippen LogP contribution in [0.25, 0.3) is 0 Å². The van der Waals surface area contributed by atoms with E-state index in [0.717, 1.165) is 24.5 Å². The Morgan fingerprint density at radius 1 is 1.38 bits per heavy atom. The van der Waals surface area contributed by atoms with Crippen LogP contribution < -0.4 is 5.73 Å². The molecule has 3 nitrogen and oxygen atoms in total. The van der Waals surface area contributed by atoms with E-state index in [2.05, 4.69) is 42.9 Å². The molecular weight excluding hydrogens is 198 g/mol. The van der Waals surface area contributed by atoms with Crippen LogP contribution in [0.2, 0.25) is 0 Å². The van der Waals surface area contributed by atoms with Gasteiger partial charge in [-0.3, -0.25) is 4.98 Å². The molecule has 16 heavy (non-hydrogen) atoms. The van der Waals surface area contributed by atoms with Gasteiger partial charge >= 0.3 is 0 Å². The molecule has 90 valence electrons. The molecule has 0 spiro atoms. The number of aromatic nitrogens is 1. The zero-order chi connectivity index (χ0) is 12.1. The summed E-state index contributed by atoms with van der Waals surface area (Å²) in [4.78, 5) is 6.77. The summed E-state index contributed by atoms with van der Waals surface area (Å²) in [6.07, 6.45) is 0. The first-order chi connectivity index (χ1) is 7.49. The van der Waals surface area contributed by atoms with E-state index in [1.54, 1.807) is 0 Å². The Hall–Kier alpha value is -0.930. The van der Waals surface area contributed by atoms with Crippen molar-refractivity contribution in [2.24, 2.45) is 11.7 Å². The molecule has 0 radical (unpaired) electrons. The van der Waals surface area contributed by atoms with E-state index >= 15 is 0 Å². The van der Waals surface area contributed by atoms with Gasteiger partial charge < -0.3 is 10.6 Å². The Bertz CT molecular complexity index is 323. The molecule has 0 saturated carbocycles. The average Bonchev–Trinajstić information content (AvgIpc) is 2.16. The third-order valence-corrected chi connectivity index (χ3v) is 2.88. The molecule has 0 aromatic carbocycles. The molecule has 1 rings (SSSR count). The Morgan fingerprint density at radius 2 is 2.06 bits per heavy atom. The fourth-order valence-electron chi connectivity index (χ4n) is 1.69. The minimum absolute atomic E-state index is 0.243. The quantitative estimate of drug-likeness (QED) is 0.824. The van der Waals surface area contributed by atoms with Gasteiger partial charge in [-0.1, -0.05) is 13.0 Å². The van der Waals surface area contributed by atoms with Crippen LogP contribution in [0.1, 0.15) is 25.2 Å². The highest BCUT2D eigenvalue weighted by Gasteiger charge is 2.11. The molecule has 0 aliphatic carbocycles. The molecular formula is C13H23N3. The van der Waals surface area contributed by atoms with Crippen molar-refractivity contribution in [3.05, 3.63) is 29.6 Å². The lowest BCUT2D eigenvalue weighted by Crippen LogP contribution is -2.34. The fraction of sp³-hybridized carbons (Fsp3) is 0.615. The molecule has 2 N–H and O–H groups in total. The Balaban J connectivity index is 2.48. The zero-order valence-corrected chi connectivity index (χ0v) is 10.8. The molecule has 2 unspecified atom stereocenters. The molecule has 0 aliphatic heterocycles. The van der Waals surface area contributed by atoms with Crippen LogP contribution in [-0.2, 0) is 6.54 Å². The van der Waals surface area contributed by atoms with Crippen LogP contribution >= 0.6 is 0 Å². The molecule has 3 heteroatoms. The van der Waals surface area contributed by atoms with Gasteiger partial charge in [0, 0.05) is 24.8 Å². The molecule has 0 amide bonds. The maximum Gasteiger partial charge on any atom is 0.0547 e. The largest absolute Gasteiger partial charge is 0.328 e. The normalized spacial score (nSPS) is 15.1. The van der Waals surface area contributed by atoms with Crippen molar-refractivity contribution in [1.82, 2.24) is 9.88 Å². The lowest BCUT2D eigenvalue weighted by molar-refractivity contribution is 0.259. The first-order valence-electron chi connectivity index (χ1n) is 5.85. The van der Waals surface area contributed by atoms with Crippen molar-refractivity contribution in [3.8, 4) is 0 Å². The van der Waals surface area contributed by atoms with Gasteiger partial charge in [0.2, 0.25) is 0 Å². The predicted molar refractivity (Wildman–Crippen MR) is 68.1 cm³/mol. The maximum atomic E-state index is 5.86. The summed E-state index contributed by atoms with van der Waals surface area (Å²) in [6, 6.07) is 6.39. The monoisotopic (exact) mass is 221 g/mol. The third-order valence-electron chi connectivity index (χ3n) is 2.88. The fourth-order valence-corrected chi connectivity index (χ4v) is 1.69. The van der Waals surface area contributed by atoms with Crippen LogP contribution in [0.3, 0.4) is 0 Å². The summed E-state index contributed by atoms with van der Waals surface area (Å²) in [5.41, 5.74) is 8.06. The van der Waals surface area contributed by atoms with E-state index in [0.29, 0.717) is 5.92 Å². The first-order valence-corrected chi connectivity index (χ1v) is 5.85. The molecule has 1 aromatic heterocycles. The molecule has 0 saturated heterocycles. The van der Waals surface area contributed by atoms with Gasteiger partial charge in [-0.25, -0.2) is 0 Å². The zero-order valence-electron chi connectivity index (χ0n) is 10.8. The first kappa shape index (κ1) is 13.1. The average molecular weight is 221 g/mol. The summed E-state index contributed by atoms with van der Waals surface area (Å²) in [5.74, 6) is 0.509. The van der Waals surface area contributed by atoms with Crippen molar-refractivity contribution in [3.63, 3.8) is 0 Å². The molecule has 0 bridgehead atoms. The summed E-state index contributed by atoms with van der Waals surface area (Å²) in [7, 11) is 2.11. The molecule has 0 fully saturated rings. The van der Waals surface area contributed by atoms with Crippen molar-refractivity contribution in [2.45, 2.75) is 33.4 Å². The molecule has 1 aromatic rings. The van der Waals surface area contributed by atoms with Crippen molar-refractivity contribution in [1.29, 1.82) is 0 Å². The van der Waals surface area contributed by atoms with E-state index < -0.39 is 0 Å². The third kappa shape index (κ3) is 4.29. The van der Waals surface area contributed by atoms with Crippen LogP contribution in [-0.4, -0.2) is 29.5 Å². The van der Waals surface area contributed by atoms with E-state index in [9.17, 15) is 0 Å². The van der Waals surface area contributed by atoms with Gasteiger partial charge in [-0.2, -0.15) is 0 Å². The topological polar surface area (TPSA) is 42.1 Å². The van der Waals surface area contributed by atoms with Gasteiger partial charge in [0.1, 0.15) is 0 Å². The summed E-state index contributed by atoms with van der Waals surface area (Å²) >= 11 is 0. The maximum absolute atomic E-state index is 5.86. The molecule has 1 heterocycles. The molecule has 2 atom stereocenters. The van der Waals surface area contributed by atoms with Crippen LogP contribution in [0, 0.1) is 12.8 Å². The summed E-state index contributed by atoms with van der Waals surface area (Å²) in [6.45, 7) is 8.16. The number of hydrogen-bond donors (Lipinski definition) is 1. The highest BCUT2D eigenvalue weighted by molar-refractivity contribution is 5.09. The number of nitrogens with zero attached hydrogens (tertiary/aromatic N) is 2. The number of aryl methyl sites for hydroxylation is 1. The smallest absolute Gasteiger partial charge is 0.0547 e. The van der Waals surface area contributed by atoms with Crippen molar-refractivity contribution in [2.75, 3.05) is 13.6 Å². The van der Waals surface area contributed by atoms with E-state index in [1.807, 2.05) is 13.0 Å². The number of rotatable bonds is 5. The minimum atomic E-state index is 0.243. The van der Waals surface area contributed by atoms with Gasteiger partial charge in [-0.05, 0) is 38.9 Å². The van der Waals surface area contributed by atoms with E-state index in [-0.39, 0.29) is 6.04 Å². The van der Waals surface area contributed by atoms with Crippen molar-refractivity contribution < 1.29 is 0 Å². The summed E-state index contributed by atoms with van der Waals surface area (Å²) < 4.78 is 0. The van der Waals surface area contributed by atoms with Gasteiger partial charge in [-0.15, -0.1) is 0 Å². The Kier molecular flexibility index (Phi) is 4.90. The standard InChI is InChI=1S/C13H23N3/c1-10(12(3)14)8-16(4)9-13-7-5-6-11(2)15-13/h5-7,10,12H,8-9,14H2,1-4H3. The lowest BCUT2D eigenvalue weighted by atomic mass is 10.0. The van der Waals surface area contributed by atoms with E-state index in [4.69, 9.17) is 5.73 Å². The lowest BCUT2D eigenvalue weighted by Gasteiger charge is -2.23. The Labute approximate surface area is 98.7 Å². The Morgan fingerprint density at radius 3 is 2.62 bits per heavy atom. The highest BCUT2D eigenvalue weighted by Crippen LogP contribution is 2.06. The second-order valence-electron chi connectivity index (χ2n) is 4.80. The van der Waals surface area contributed by atoms with Crippen molar-refractivity contribution >= 4 is 0 Å².